The number of carbonyl (C=O) groups is 1. The zero-order valence-electron chi connectivity index (χ0n) is 11.6. The average Bonchev–Trinajstić information content (AvgIpc) is 2.74. The van der Waals surface area contributed by atoms with Gasteiger partial charge in [-0.25, -0.2) is 9.78 Å². The maximum atomic E-state index is 11.4. The van der Waals surface area contributed by atoms with Crippen LogP contribution in [0, 0.1) is 13.8 Å². The van der Waals surface area contributed by atoms with Crippen LogP contribution < -0.4 is 5.32 Å². The lowest BCUT2D eigenvalue weighted by molar-refractivity contribution is 0.0696. The van der Waals surface area contributed by atoms with Crippen molar-refractivity contribution in [3.63, 3.8) is 0 Å². The second-order valence-corrected chi connectivity index (χ2v) is 5.07. The molecule has 1 aliphatic carbocycles. The summed E-state index contributed by atoms with van der Waals surface area (Å²) in [5, 5.41) is 12.6. The summed E-state index contributed by atoms with van der Waals surface area (Å²) in [5.74, 6) is -0.488. The fourth-order valence-electron chi connectivity index (χ4n) is 2.76. The van der Waals surface area contributed by atoms with Gasteiger partial charge in [0.15, 0.2) is 0 Å². The molecule has 0 bridgehead atoms. The molecule has 19 heavy (non-hydrogen) atoms. The quantitative estimate of drug-likeness (QED) is 0.873. The molecule has 1 saturated carbocycles. The van der Waals surface area contributed by atoms with Crippen LogP contribution in [0.3, 0.4) is 0 Å². The minimum Gasteiger partial charge on any atom is -0.478 e. The Balaban J connectivity index is 2.31. The molecule has 1 fully saturated rings. The van der Waals surface area contributed by atoms with Gasteiger partial charge in [0.2, 0.25) is 0 Å². The summed E-state index contributed by atoms with van der Waals surface area (Å²) in [6.07, 6.45) is 3.20. The molecule has 104 valence electrons. The number of nitrogens with zero attached hydrogens (tertiary/aromatic N) is 1. The number of pyridine rings is 1. The lowest BCUT2D eigenvalue weighted by Crippen LogP contribution is -2.31. The van der Waals surface area contributed by atoms with Crippen LogP contribution in [-0.4, -0.2) is 35.3 Å². The van der Waals surface area contributed by atoms with Gasteiger partial charge in [0.1, 0.15) is 11.4 Å². The van der Waals surface area contributed by atoms with E-state index < -0.39 is 5.97 Å². The molecule has 2 rings (SSSR count). The van der Waals surface area contributed by atoms with Gasteiger partial charge in [-0.15, -0.1) is 0 Å². The van der Waals surface area contributed by atoms with E-state index in [1.54, 1.807) is 20.1 Å². The highest BCUT2D eigenvalue weighted by atomic mass is 16.5. The Morgan fingerprint density at radius 3 is 2.84 bits per heavy atom. The number of hydrogen-bond acceptors (Lipinski definition) is 4. The van der Waals surface area contributed by atoms with Crippen LogP contribution >= 0.6 is 0 Å². The lowest BCUT2D eigenvalue weighted by Gasteiger charge is -2.22. The Hall–Kier alpha value is -1.62. The van der Waals surface area contributed by atoms with Crippen LogP contribution in [0.25, 0.3) is 0 Å². The minimum absolute atomic E-state index is 0.129. The van der Waals surface area contributed by atoms with Gasteiger partial charge < -0.3 is 15.2 Å². The molecule has 2 atom stereocenters. The monoisotopic (exact) mass is 264 g/mol. The third-order valence-corrected chi connectivity index (χ3v) is 3.64. The van der Waals surface area contributed by atoms with Gasteiger partial charge in [-0.3, -0.25) is 0 Å². The summed E-state index contributed by atoms with van der Waals surface area (Å²) in [6, 6.07) is 1.92. The molecule has 0 aliphatic heterocycles. The summed E-state index contributed by atoms with van der Waals surface area (Å²) in [4.78, 5) is 15.7. The van der Waals surface area contributed by atoms with Gasteiger partial charge in [0.25, 0.3) is 0 Å². The molecule has 2 N–H and O–H groups in total. The average molecular weight is 264 g/mol. The molecule has 1 heterocycles. The Bertz CT molecular complexity index is 488. The molecule has 0 radical (unpaired) electrons. The molecule has 1 aliphatic rings. The van der Waals surface area contributed by atoms with Gasteiger partial charge in [0, 0.05) is 12.8 Å². The molecule has 0 saturated heterocycles. The predicted molar refractivity (Wildman–Crippen MR) is 72.7 cm³/mol. The predicted octanol–water partition coefficient (Wildman–Crippen LogP) is 2.38. The van der Waals surface area contributed by atoms with Crippen LogP contribution in [0.15, 0.2) is 6.07 Å². The molecule has 0 amide bonds. The minimum atomic E-state index is -0.945. The second-order valence-electron chi connectivity index (χ2n) is 5.07. The first-order valence-corrected chi connectivity index (χ1v) is 6.53. The number of ether oxygens (including phenoxy) is 1. The van der Waals surface area contributed by atoms with E-state index in [1.807, 2.05) is 6.92 Å². The van der Waals surface area contributed by atoms with Crippen LogP contribution in [0.4, 0.5) is 5.82 Å². The number of nitrogens with one attached hydrogen (secondary N) is 1. The number of methoxy groups -OCH3 is 1. The lowest BCUT2D eigenvalue weighted by atomic mass is 10.1. The summed E-state index contributed by atoms with van der Waals surface area (Å²) < 4.78 is 5.42. The Kier molecular flexibility index (Phi) is 4.04. The topological polar surface area (TPSA) is 71.5 Å². The number of carboxylic acid groups (broad SMARTS) is 1. The maximum Gasteiger partial charge on any atom is 0.339 e. The first kappa shape index (κ1) is 13.8. The molecule has 1 aromatic heterocycles. The van der Waals surface area contributed by atoms with Crippen molar-refractivity contribution in [1.29, 1.82) is 0 Å². The molecule has 0 spiro atoms. The number of aromatic carboxylic acids is 1. The number of aryl methyl sites for hydroxylation is 2. The molecule has 5 nitrogen and oxygen atoms in total. The van der Waals surface area contributed by atoms with E-state index in [2.05, 4.69) is 10.3 Å². The zero-order valence-corrected chi connectivity index (χ0v) is 11.6. The first-order chi connectivity index (χ1) is 9.02. The third kappa shape index (κ3) is 2.87. The largest absolute Gasteiger partial charge is 0.478 e. The van der Waals surface area contributed by atoms with Crippen molar-refractivity contribution < 1.29 is 14.6 Å². The molecular weight excluding hydrogens is 244 g/mol. The van der Waals surface area contributed by atoms with Crippen molar-refractivity contribution in [2.45, 2.75) is 45.3 Å². The fourth-order valence-corrected chi connectivity index (χ4v) is 2.76. The molecule has 0 aromatic carbocycles. The highest BCUT2D eigenvalue weighted by Crippen LogP contribution is 2.27. The summed E-state index contributed by atoms with van der Waals surface area (Å²) in [6.45, 7) is 3.66. The number of carboxylic acids is 1. The molecule has 1 aromatic rings. The second kappa shape index (κ2) is 5.57. The normalized spacial score (nSPS) is 22.5. The Labute approximate surface area is 113 Å². The van der Waals surface area contributed by atoms with E-state index in [-0.39, 0.29) is 17.7 Å². The van der Waals surface area contributed by atoms with Crippen LogP contribution in [-0.2, 0) is 4.74 Å². The first-order valence-electron chi connectivity index (χ1n) is 6.53. The van der Waals surface area contributed by atoms with Crippen molar-refractivity contribution in [2.75, 3.05) is 12.4 Å². The highest BCUT2D eigenvalue weighted by molar-refractivity contribution is 5.94. The molecule has 5 heteroatoms. The number of anilines is 1. The number of hydrogen-bond donors (Lipinski definition) is 2. The highest BCUT2D eigenvalue weighted by Gasteiger charge is 2.29. The van der Waals surface area contributed by atoms with Crippen molar-refractivity contribution in [3.8, 4) is 0 Å². The molecular formula is C14H20N2O3. The third-order valence-electron chi connectivity index (χ3n) is 3.64. The van der Waals surface area contributed by atoms with Crippen molar-refractivity contribution in [1.82, 2.24) is 4.98 Å². The summed E-state index contributed by atoms with van der Waals surface area (Å²) >= 11 is 0. The number of aromatic nitrogens is 1. The van der Waals surface area contributed by atoms with Gasteiger partial charge >= 0.3 is 5.97 Å². The van der Waals surface area contributed by atoms with Crippen LogP contribution in [0.5, 0.6) is 0 Å². The maximum absolute atomic E-state index is 11.4. The Morgan fingerprint density at radius 2 is 2.21 bits per heavy atom. The van der Waals surface area contributed by atoms with Crippen molar-refractivity contribution in [3.05, 3.63) is 22.9 Å². The van der Waals surface area contributed by atoms with Gasteiger partial charge in [0.05, 0.1) is 12.1 Å². The Morgan fingerprint density at radius 1 is 1.47 bits per heavy atom. The van der Waals surface area contributed by atoms with Gasteiger partial charge in [-0.2, -0.15) is 0 Å². The smallest absolute Gasteiger partial charge is 0.339 e. The van der Waals surface area contributed by atoms with E-state index in [0.717, 1.165) is 30.5 Å². The van der Waals surface area contributed by atoms with E-state index >= 15 is 0 Å². The van der Waals surface area contributed by atoms with E-state index in [1.165, 1.54) is 0 Å². The van der Waals surface area contributed by atoms with Gasteiger partial charge in [-0.05, 0) is 44.7 Å². The van der Waals surface area contributed by atoms with E-state index in [4.69, 9.17) is 4.74 Å². The molecule has 2 unspecified atom stereocenters. The van der Waals surface area contributed by atoms with Crippen molar-refractivity contribution >= 4 is 11.8 Å². The van der Waals surface area contributed by atoms with Crippen molar-refractivity contribution in [2.24, 2.45) is 0 Å². The standard InChI is InChI=1S/C14H20N2O3/c1-8-7-9(2)15-13(12(8)14(17)18)16-10-5-4-6-11(10)19-3/h7,10-11H,4-6H2,1-3H3,(H,15,16)(H,17,18). The van der Waals surface area contributed by atoms with E-state index in [0.29, 0.717) is 5.82 Å². The number of rotatable bonds is 4. The van der Waals surface area contributed by atoms with Crippen LogP contribution in [0.1, 0.15) is 40.9 Å². The SMILES string of the molecule is COC1CCCC1Nc1nc(C)cc(C)c1C(=O)O. The summed E-state index contributed by atoms with van der Waals surface area (Å²) in [7, 11) is 1.69. The van der Waals surface area contributed by atoms with Crippen LogP contribution in [0.2, 0.25) is 0 Å². The van der Waals surface area contributed by atoms with Gasteiger partial charge in [-0.1, -0.05) is 0 Å². The van der Waals surface area contributed by atoms with E-state index in [9.17, 15) is 9.90 Å². The zero-order chi connectivity index (χ0) is 14.0. The summed E-state index contributed by atoms with van der Waals surface area (Å²) in [5.41, 5.74) is 1.80. The fraction of sp³-hybridized carbons (Fsp3) is 0.571.